The number of aromatic nitrogens is 1. The summed E-state index contributed by atoms with van der Waals surface area (Å²) in [6, 6.07) is 0. The van der Waals surface area contributed by atoms with Gasteiger partial charge in [-0.2, -0.15) is 0 Å². The fourth-order valence-corrected chi connectivity index (χ4v) is 1.48. The molecule has 0 aliphatic heterocycles. The van der Waals surface area contributed by atoms with Gasteiger partial charge < -0.3 is 10.4 Å². The molecule has 1 heterocycles. The number of aryl methyl sites for hydroxylation is 1. The summed E-state index contributed by atoms with van der Waals surface area (Å²) in [5.41, 5.74) is 1.31. The second kappa shape index (κ2) is 4.68. The van der Waals surface area contributed by atoms with Gasteiger partial charge in [-0.3, -0.25) is 4.79 Å². The van der Waals surface area contributed by atoms with Crippen LogP contribution >= 0.6 is 23.2 Å². The van der Waals surface area contributed by atoms with Crippen LogP contribution < -0.4 is 5.32 Å². The van der Waals surface area contributed by atoms with Crippen LogP contribution in [0.4, 0.5) is 5.82 Å². The van der Waals surface area contributed by atoms with Gasteiger partial charge in [-0.05, 0) is 19.4 Å². The van der Waals surface area contributed by atoms with Crippen molar-refractivity contribution in [3.05, 3.63) is 21.3 Å². The number of anilines is 1. The van der Waals surface area contributed by atoms with E-state index in [1.54, 1.807) is 13.8 Å². The van der Waals surface area contributed by atoms with Crippen LogP contribution in [0.5, 0.6) is 0 Å². The third-order valence-electron chi connectivity index (χ3n) is 1.87. The molecule has 4 nitrogen and oxygen atoms in total. The topological polar surface area (TPSA) is 62.2 Å². The van der Waals surface area contributed by atoms with Crippen LogP contribution in [-0.4, -0.2) is 22.6 Å². The number of carboxylic acid groups (broad SMARTS) is 1. The average Bonchev–Trinajstić information content (AvgIpc) is 2.18. The number of nitrogens with one attached hydrogen (secondary N) is 1. The number of pyridine rings is 1. The van der Waals surface area contributed by atoms with Crippen LogP contribution in [0.2, 0.25) is 10.0 Å². The molecule has 2 N–H and O–H groups in total. The Morgan fingerprint density at radius 2 is 2.00 bits per heavy atom. The average molecular weight is 249 g/mol. The van der Waals surface area contributed by atoms with Crippen molar-refractivity contribution < 1.29 is 9.90 Å². The van der Waals surface area contributed by atoms with Gasteiger partial charge in [-0.15, -0.1) is 0 Å². The first-order chi connectivity index (χ1) is 6.93. The molecule has 0 bridgehead atoms. The first-order valence-electron chi connectivity index (χ1n) is 4.21. The third kappa shape index (κ3) is 2.73. The molecule has 6 heteroatoms. The standard InChI is InChI=1S/C9H10Cl2N2O2/c1-4-7(10)5(2)13-9(8(4)11)12-3-6(14)15/h3H2,1-2H3,(H,12,13)(H,14,15). The van der Waals surface area contributed by atoms with E-state index in [4.69, 9.17) is 28.3 Å². The molecule has 0 fully saturated rings. The Morgan fingerprint density at radius 3 is 2.53 bits per heavy atom. The Labute approximate surface area is 97.2 Å². The van der Waals surface area contributed by atoms with E-state index in [2.05, 4.69) is 10.3 Å². The van der Waals surface area contributed by atoms with Crippen molar-refractivity contribution >= 4 is 35.0 Å². The number of hydrogen-bond acceptors (Lipinski definition) is 3. The normalized spacial score (nSPS) is 10.1. The van der Waals surface area contributed by atoms with E-state index in [-0.39, 0.29) is 6.54 Å². The lowest BCUT2D eigenvalue weighted by atomic mass is 10.2. The highest BCUT2D eigenvalue weighted by atomic mass is 35.5. The Hall–Kier alpha value is -1.000. The summed E-state index contributed by atoms with van der Waals surface area (Å²) in [5.74, 6) is -0.628. The lowest BCUT2D eigenvalue weighted by Crippen LogP contribution is -2.14. The van der Waals surface area contributed by atoms with E-state index >= 15 is 0 Å². The van der Waals surface area contributed by atoms with Crippen LogP contribution in [0.15, 0.2) is 0 Å². The molecule has 0 aliphatic rings. The van der Waals surface area contributed by atoms with Crippen molar-refractivity contribution in [1.29, 1.82) is 0 Å². The van der Waals surface area contributed by atoms with Gasteiger partial charge in [-0.1, -0.05) is 23.2 Å². The van der Waals surface area contributed by atoms with Crippen molar-refractivity contribution in [2.45, 2.75) is 13.8 Å². The molecule has 82 valence electrons. The van der Waals surface area contributed by atoms with Crippen LogP contribution in [0.3, 0.4) is 0 Å². The molecule has 0 aliphatic carbocycles. The highest BCUT2D eigenvalue weighted by Crippen LogP contribution is 2.30. The maximum atomic E-state index is 10.4. The Bertz CT molecular complexity index is 408. The number of aliphatic carboxylic acids is 1. The molecular formula is C9H10Cl2N2O2. The minimum Gasteiger partial charge on any atom is -0.480 e. The van der Waals surface area contributed by atoms with Crippen LogP contribution in [0.1, 0.15) is 11.3 Å². The fourth-order valence-electron chi connectivity index (χ4n) is 1.09. The van der Waals surface area contributed by atoms with E-state index in [0.29, 0.717) is 27.1 Å². The molecule has 0 radical (unpaired) electrons. The molecule has 0 spiro atoms. The molecule has 0 amide bonds. The number of rotatable bonds is 3. The number of hydrogen-bond donors (Lipinski definition) is 2. The quantitative estimate of drug-likeness (QED) is 0.863. The van der Waals surface area contributed by atoms with E-state index in [1.165, 1.54) is 0 Å². The molecule has 0 saturated heterocycles. The van der Waals surface area contributed by atoms with Crippen LogP contribution in [0.25, 0.3) is 0 Å². The second-order valence-corrected chi connectivity index (χ2v) is 3.80. The maximum absolute atomic E-state index is 10.4. The lowest BCUT2D eigenvalue weighted by Gasteiger charge is -2.10. The monoisotopic (exact) mass is 248 g/mol. The SMILES string of the molecule is Cc1nc(NCC(=O)O)c(Cl)c(C)c1Cl. The minimum atomic E-state index is -0.974. The smallest absolute Gasteiger partial charge is 0.322 e. The number of carbonyl (C=O) groups is 1. The predicted molar refractivity (Wildman–Crippen MR) is 59.9 cm³/mol. The van der Waals surface area contributed by atoms with Gasteiger partial charge in [-0.25, -0.2) is 4.98 Å². The van der Waals surface area contributed by atoms with Crippen molar-refractivity contribution in [2.75, 3.05) is 11.9 Å². The summed E-state index contributed by atoms with van der Waals surface area (Å²) in [5, 5.41) is 12.0. The van der Waals surface area contributed by atoms with Crippen molar-refractivity contribution in [3.63, 3.8) is 0 Å². The molecular weight excluding hydrogens is 239 g/mol. The maximum Gasteiger partial charge on any atom is 0.322 e. The summed E-state index contributed by atoms with van der Waals surface area (Å²) in [4.78, 5) is 14.4. The summed E-state index contributed by atoms with van der Waals surface area (Å²) < 4.78 is 0. The van der Waals surface area contributed by atoms with E-state index in [1.807, 2.05) is 0 Å². The second-order valence-electron chi connectivity index (χ2n) is 3.05. The summed E-state index contributed by atoms with van der Waals surface area (Å²) in [6.45, 7) is 3.26. The summed E-state index contributed by atoms with van der Waals surface area (Å²) >= 11 is 11.9. The summed E-state index contributed by atoms with van der Waals surface area (Å²) in [6.07, 6.45) is 0. The molecule has 1 aromatic heterocycles. The van der Waals surface area contributed by atoms with E-state index in [9.17, 15) is 4.79 Å². The van der Waals surface area contributed by atoms with Crippen molar-refractivity contribution in [3.8, 4) is 0 Å². The zero-order valence-electron chi connectivity index (χ0n) is 8.27. The van der Waals surface area contributed by atoms with Gasteiger partial charge >= 0.3 is 5.97 Å². The predicted octanol–water partition coefficient (Wildman–Crippen LogP) is 2.50. The minimum absolute atomic E-state index is 0.229. The molecule has 15 heavy (non-hydrogen) atoms. The summed E-state index contributed by atoms with van der Waals surface area (Å²) in [7, 11) is 0. The van der Waals surface area contributed by atoms with E-state index < -0.39 is 5.97 Å². The number of halogens is 2. The highest BCUT2D eigenvalue weighted by molar-refractivity contribution is 6.37. The lowest BCUT2D eigenvalue weighted by molar-refractivity contribution is -0.134. The zero-order chi connectivity index (χ0) is 11.6. The van der Waals surface area contributed by atoms with Gasteiger partial charge in [0.05, 0.1) is 15.7 Å². The van der Waals surface area contributed by atoms with Gasteiger partial charge in [0.25, 0.3) is 0 Å². The van der Waals surface area contributed by atoms with Crippen molar-refractivity contribution in [1.82, 2.24) is 4.98 Å². The fraction of sp³-hybridized carbons (Fsp3) is 0.333. The number of carboxylic acids is 1. The highest BCUT2D eigenvalue weighted by Gasteiger charge is 2.12. The number of nitrogens with zero attached hydrogens (tertiary/aromatic N) is 1. The molecule has 0 unspecified atom stereocenters. The third-order valence-corrected chi connectivity index (χ3v) is 2.89. The van der Waals surface area contributed by atoms with Gasteiger partial charge in [0.1, 0.15) is 12.4 Å². The first-order valence-corrected chi connectivity index (χ1v) is 4.97. The molecule has 1 rings (SSSR count). The van der Waals surface area contributed by atoms with Gasteiger partial charge in [0.2, 0.25) is 0 Å². The van der Waals surface area contributed by atoms with Crippen LogP contribution in [-0.2, 0) is 4.79 Å². The zero-order valence-corrected chi connectivity index (χ0v) is 9.78. The Morgan fingerprint density at radius 1 is 1.40 bits per heavy atom. The van der Waals surface area contributed by atoms with Crippen LogP contribution in [0, 0.1) is 13.8 Å². The van der Waals surface area contributed by atoms with E-state index in [0.717, 1.165) is 0 Å². The Balaban J connectivity index is 3.04. The van der Waals surface area contributed by atoms with Gasteiger partial charge in [0.15, 0.2) is 0 Å². The molecule has 1 aromatic rings. The van der Waals surface area contributed by atoms with Crippen molar-refractivity contribution in [2.24, 2.45) is 0 Å². The molecule has 0 saturated carbocycles. The molecule has 0 atom stereocenters. The van der Waals surface area contributed by atoms with Gasteiger partial charge in [0, 0.05) is 0 Å². The molecule has 0 aromatic carbocycles. The Kier molecular flexibility index (Phi) is 3.77. The largest absolute Gasteiger partial charge is 0.480 e. The first kappa shape index (κ1) is 12.1.